The highest BCUT2D eigenvalue weighted by Crippen LogP contribution is 2.17. The van der Waals surface area contributed by atoms with Crippen molar-refractivity contribution in [2.75, 3.05) is 13.7 Å². The molecule has 4 nitrogen and oxygen atoms in total. The molecular weight excluding hydrogens is 266 g/mol. The van der Waals surface area contributed by atoms with E-state index in [1.165, 1.54) is 12.7 Å². The van der Waals surface area contributed by atoms with Crippen LogP contribution < -0.4 is 5.32 Å². The minimum Gasteiger partial charge on any atom is -0.463 e. The van der Waals surface area contributed by atoms with E-state index in [1.54, 1.807) is 12.1 Å². The van der Waals surface area contributed by atoms with Gasteiger partial charge in [0, 0.05) is 0 Å². The number of benzene rings is 1. The van der Waals surface area contributed by atoms with Crippen molar-refractivity contribution >= 4 is 5.97 Å². The van der Waals surface area contributed by atoms with Gasteiger partial charge in [-0.05, 0) is 36.6 Å². The molecule has 1 aromatic carbocycles. The summed E-state index contributed by atoms with van der Waals surface area (Å²) >= 11 is 0. The highest BCUT2D eigenvalue weighted by molar-refractivity contribution is 5.86. The van der Waals surface area contributed by atoms with Crippen LogP contribution >= 0.6 is 0 Å². The number of carbonyl (C=O) groups is 1. The lowest BCUT2D eigenvalue weighted by Gasteiger charge is -2.11. The highest BCUT2D eigenvalue weighted by atomic mass is 16.5. The Morgan fingerprint density at radius 2 is 2.00 bits per heavy atom. The lowest BCUT2D eigenvalue weighted by Crippen LogP contribution is -2.16. The molecule has 0 aliphatic carbocycles. The predicted molar refractivity (Wildman–Crippen MR) is 81.2 cm³/mol. The molecule has 0 aliphatic heterocycles. The third-order valence-corrected chi connectivity index (χ3v) is 3.47. The Bertz CT molecular complexity index is 562. The number of nitrogens with one attached hydrogen (secondary N) is 1. The molecule has 4 heteroatoms. The lowest BCUT2D eigenvalue weighted by molar-refractivity contribution is 0.0563. The first-order valence-electron chi connectivity index (χ1n) is 7.13. The Labute approximate surface area is 125 Å². The average molecular weight is 287 g/mol. The minimum atomic E-state index is -0.445. The number of hydrogen-bond donors (Lipinski definition) is 1. The van der Waals surface area contributed by atoms with Crippen LogP contribution in [0.2, 0.25) is 0 Å². The number of ether oxygens (including phenoxy) is 1. The summed E-state index contributed by atoms with van der Waals surface area (Å²) in [4.78, 5) is 11.3. The van der Waals surface area contributed by atoms with Crippen LogP contribution in [0, 0.1) is 0 Å². The van der Waals surface area contributed by atoms with Gasteiger partial charge in [0.15, 0.2) is 0 Å². The van der Waals surface area contributed by atoms with Gasteiger partial charge in [-0.3, -0.25) is 0 Å². The van der Waals surface area contributed by atoms with Crippen molar-refractivity contribution in [1.82, 2.24) is 5.32 Å². The topological polar surface area (TPSA) is 51.5 Å². The van der Waals surface area contributed by atoms with E-state index in [-0.39, 0.29) is 5.76 Å². The van der Waals surface area contributed by atoms with Crippen LogP contribution in [-0.4, -0.2) is 19.6 Å². The molecule has 2 aromatic rings. The maximum Gasteiger partial charge on any atom is 0.373 e. The first kappa shape index (κ1) is 15.3. The van der Waals surface area contributed by atoms with Crippen LogP contribution in [-0.2, 0) is 11.3 Å². The van der Waals surface area contributed by atoms with E-state index < -0.39 is 5.97 Å². The molecule has 0 spiro atoms. The molecule has 1 N–H and O–H groups in total. The number of methoxy groups -OCH3 is 1. The second-order valence-electron chi connectivity index (χ2n) is 5.03. The molecule has 21 heavy (non-hydrogen) atoms. The van der Waals surface area contributed by atoms with Gasteiger partial charge in [-0.15, -0.1) is 0 Å². The van der Waals surface area contributed by atoms with E-state index >= 15 is 0 Å². The van der Waals surface area contributed by atoms with Gasteiger partial charge in [0.1, 0.15) is 5.76 Å². The summed E-state index contributed by atoms with van der Waals surface area (Å²) < 4.78 is 9.99. The van der Waals surface area contributed by atoms with Crippen LogP contribution in [0.5, 0.6) is 0 Å². The van der Waals surface area contributed by atoms with E-state index in [0.29, 0.717) is 12.5 Å². The van der Waals surface area contributed by atoms with Gasteiger partial charge in [0.2, 0.25) is 5.76 Å². The SMILES string of the molecule is COC(=O)c1ccc(CNCCC(C)c2ccccc2)o1. The molecule has 1 heterocycles. The fourth-order valence-corrected chi connectivity index (χ4v) is 2.16. The van der Waals surface area contributed by atoms with Gasteiger partial charge in [-0.2, -0.15) is 0 Å². The molecule has 0 amide bonds. The summed E-state index contributed by atoms with van der Waals surface area (Å²) in [6, 6.07) is 13.9. The number of esters is 1. The van der Waals surface area contributed by atoms with Crippen molar-refractivity contribution in [2.24, 2.45) is 0 Å². The summed E-state index contributed by atoms with van der Waals surface area (Å²) in [7, 11) is 1.34. The fourth-order valence-electron chi connectivity index (χ4n) is 2.16. The van der Waals surface area contributed by atoms with Crippen molar-refractivity contribution in [2.45, 2.75) is 25.8 Å². The Morgan fingerprint density at radius 1 is 1.24 bits per heavy atom. The third-order valence-electron chi connectivity index (χ3n) is 3.47. The number of furan rings is 1. The first-order chi connectivity index (χ1) is 10.2. The van der Waals surface area contributed by atoms with Gasteiger partial charge < -0.3 is 14.5 Å². The second-order valence-corrected chi connectivity index (χ2v) is 5.03. The summed E-state index contributed by atoms with van der Waals surface area (Å²) in [5.41, 5.74) is 1.35. The number of hydrogen-bond acceptors (Lipinski definition) is 4. The molecule has 0 radical (unpaired) electrons. The summed E-state index contributed by atoms with van der Waals surface area (Å²) in [6.45, 7) is 3.72. The molecule has 0 saturated heterocycles. The Morgan fingerprint density at radius 3 is 2.71 bits per heavy atom. The normalized spacial score (nSPS) is 12.1. The molecule has 112 valence electrons. The van der Waals surface area contributed by atoms with Crippen LogP contribution in [0.3, 0.4) is 0 Å². The molecule has 1 atom stereocenters. The fraction of sp³-hybridized carbons (Fsp3) is 0.353. The zero-order chi connectivity index (χ0) is 15.1. The van der Waals surface area contributed by atoms with Crippen molar-refractivity contribution in [1.29, 1.82) is 0 Å². The highest BCUT2D eigenvalue weighted by Gasteiger charge is 2.10. The largest absolute Gasteiger partial charge is 0.463 e. The third kappa shape index (κ3) is 4.46. The standard InChI is InChI=1S/C17H21NO3/c1-13(14-6-4-3-5-7-14)10-11-18-12-15-8-9-16(21-15)17(19)20-2/h3-9,13,18H,10-12H2,1-2H3. The number of carbonyl (C=O) groups excluding carboxylic acids is 1. The monoisotopic (exact) mass is 287 g/mol. The lowest BCUT2D eigenvalue weighted by atomic mass is 9.98. The quantitative estimate of drug-likeness (QED) is 0.627. The average Bonchev–Trinajstić information content (AvgIpc) is 3.00. The zero-order valence-electron chi connectivity index (χ0n) is 12.5. The van der Waals surface area contributed by atoms with Crippen LogP contribution in [0.15, 0.2) is 46.9 Å². The Kier molecular flexibility index (Phi) is 5.58. The summed E-state index contributed by atoms with van der Waals surface area (Å²) in [5, 5.41) is 3.33. The molecule has 0 fully saturated rings. The van der Waals surface area contributed by atoms with Gasteiger partial charge in [0.05, 0.1) is 13.7 Å². The van der Waals surface area contributed by atoms with E-state index in [2.05, 4.69) is 41.2 Å². The number of rotatable bonds is 7. The maximum atomic E-state index is 11.3. The second kappa shape index (κ2) is 7.64. The molecule has 1 unspecified atom stereocenters. The predicted octanol–water partition coefficient (Wildman–Crippen LogP) is 3.35. The van der Waals surface area contributed by atoms with E-state index in [0.717, 1.165) is 18.7 Å². The van der Waals surface area contributed by atoms with Crippen LogP contribution in [0.25, 0.3) is 0 Å². The molecule has 2 rings (SSSR count). The van der Waals surface area contributed by atoms with Crippen LogP contribution in [0.4, 0.5) is 0 Å². The molecule has 0 bridgehead atoms. The van der Waals surface area contributed by atoms with Crippen molar-refractivity contribution in [3.63, 3.8) is 0 Å². The molecule has 0 aliphatic rings. The van der Waals surface area contributed by atoms with Gasteiger partial charge >= 0.3 is 5.97 Å². The maximum absolute atomic E-state index is 11.3. The van der Waals surface area contributed by atoms with E-state index in [1.807, 2.05) is 6.07 Å². The Hall–Kier alpha value is -2.07. The van der Waals surface area contributed by atoms with E-state index in [4.69, 9.17) is 4.42 Å². The molecule has 1 aromatic heterocycles. The van der Waals surface area contributed by atoms with Crippen molar-refractivity contribution in [3.05, 3.63) is 59.5 Å². The van der Waals surface area contributed by atoms with E-state index in [9.17, 15) is 4.79 Å². The van der Waals surface area contributed by atoms with Gasteiger partial charge in [0.25, 0.3) is 0 Å². The smallest absolute Gasteiger partial charge is 0.373 e. The first-order valence-corrected chi connectivity index (χ1v) is 7.13. The Balaban J connectivity index is 1.72. The summed E-state index contributed by atoms with van der Waals surface area (Å²) in [5.74, 6) is 1.05. The summed E-state index contributed by atoms with van der Waals surface area (Å²) in [6.07, 6.45) is 1.05. The van der Waals surface area contributed by atoms with Gasteiger partial charge in [-0.1, -0.05) is 37.3 Å². The van der Waals surface area contributed by atoms with Gasteiger partial charge in [-0.25, -0.2) is 4.79 Å². The van der Waals surface area contributed by atoms with Crippen LogP contribution in [0.1, 0.15) is 41.1 Å². The minimum absolute atomic E-state index is 0.243. The molecule has 0 saturated carbocycles. The molecular formula is C17H21NO3. The zero-order valence-corrected chi connectivity index (χ0v) is 12.5. The van der Waals surface area contributed by atoms with Crippen molar-refractivity contribution < 1.29 is 13.9 Å². The van der Waals surface area contributed by atoms with Crippen molar-refractivity contribution in [3.8, 4) is 0 Å².